The largest absolute Gasteiger partial charge is 0.481 e. The van der Waals surface area contributed by atoms with Crippen LogP contribution >= 0.6 is 0 Å². The molecule has 24 heavy (non-hydrogen) atoms. The van der Waals surface area contributed by atoms with Gasteiger partial charge in [0.25, 0.3) is 0 Å². The van der Waals surface area contributed by atoms with Crippen molar-refractivity contribution in [3.63, 3.8) is 0 Å². The number of hydrogen-bond acceptors (Lipinski definition) is 1. The average Bonchev–Trinajstić information content (AvgIpc) is 2.56. The van der Waals surface area contributed by atoms with E-state index in [-0.39, 0.29) is 0 Å². The first-order chi connectivity index (χ1) is 11.8. The summed E-state index contributed by atoms with van der Waals surface area (Å²) in [5.74, 6) is -0.668. The maximum absolute atomic E-state index is 10.4. The van der Waals surface area contributed by atoms with Crippen molar-refractivity contribution in [1.29, 1.82) is 0 Å². The van der Waals surface area contributed by atoms with Crippen LogP contribution in [-0.2, 0) is 4.79 Å². The van der Waals surface area contributed by atoms with E-state index in [1.54, 1.807) is 0 Å². The molecule has 0 unspecified atom stereocenters. The Morgan fingerprint density at radius 2 is 1.04 bits per heavy atom. The second-order valence-electron chi connectivity index (χ2n) is 6.78. The molecule has 2 heteroatoms. The second kappa shape index (κ2) is 20.0. The van der Waals surface area contributed by atoms with Crippen LogP contribution in [0, 0.1) is 0 Å². The summed E-state index contributed by atoms with van der Waals surface area (Å²) in [7, 11) is 0. The van der Waals surface area contributed by atoms with Gasteiger partial charge in [-0.2, -0.15) is 0 Å². The van der Waals surface area contributed by atoms with Crippen molar-refractivity contribution in [2.45, 2.75) is 110 Å². The number of carbonyl (C=O) groups is 1. The Morgan fingerprint density at radius 1 is 0.625 bits per heavy atom. The molecule has 0 rings (SSSR count). The summed E-state index contributed by atoms with van der Waals surface area (Å²) in [6.07, 6.45) is 28.2. The summed E-state index contributed by atoms with van der Waals surface area (Å²) >= 11 is 0. The summed E-state index contributed by atoms with van der Waals surface area (Å²) in [5, 5.41) is 8.54. The minimum atomic E-state index is -0.668. The molecule has 0 spiro atoms. The molecule has 0 aromatic heterocycles. The monoisotopic (exact) mass is 336 g/mol. The van der Waals surface area contributed by atoms with Crippen molar-refractivity contribution in [3.05, 3.63) is 24.3 Å². The molecule has 0 heterocycles. The Labute approximate surface area is 150 Å². The van der Waals surface area contributed by atoms with Gasteiger partial charge in [-0.3, -0.25) is 4.79 Å². The molecule has 0 saturated heterocycles. The Bertz CT molecular complexity index is 318. The smallest absolute Gasteiger partial charge is 0.303 e. The molecule has 1 N–H and O–H groups in total. The minimum absolute atomic E-state index is 0.326. The first kappa shape index (κ1) is 22.9. The molecule has 0 aromatic carbocycles. The van der Waals surface area contributed by atoms with E-state index in [2.05, 4.69) is 31.2 Å². The van der Waals surface area contributed by atoms with Crippen LogP contribution in [0.15, 0.2) is 24.3 Å². The van der Waals surface area contributed by atoms with Gasteiger partial charge in [0.1, 0.15) is 0 Å². The highest BCUT2D eigenvalue weighted by atomic mass is 16.4. The molecular formula is C22H40O2. The van der Waals surface area contributed by atoms with Crippen molar-refractivity contribution >= 4 is 5.97 Å². The molecule has 0 aliphatic heterocycles. The predicted octanol–water partition coefficient (Wildman–Crippen LogP) is 7.44. The zero-order valence-electron chi connectivity index (χ0n) is 16.0. The lowest BCUT2D eigenvalue weighted by molar-refractivity contribution is -0.137. The highest BCUT2D eigenvalue weighted by Gasteiger charge is 1.95. The fraction of sp³-hybridized carbons (Fsp3) is 0.773. The third-order valence-electron chi connectivity index (χ3n) is 4.32. The highest BCUT2D eigenvalue weighted by molar-refractivity contribution is 5.66. The Morgan fingerprint density at radius 3 is 1.54 bits per heavy atom. The van der Waals surface area contributed by atoms with E-state index in [9.17, 15) is 4.79 Å². The molecule has 2 nitrogen and oxygen atoms in total. The summed E-state index contributed by atoms with van der Waals surface area (Å²) in [4.78, 5) is 10.4. The fourth-order valence-electron chi connectivity index (χ4n) is 2.78. The van der Waals surface area contributed by atoms with Gasteiger partial charge in [0, 0.05) is 6.42 Å². The van der Waals surface area contributed by atoms with Crippen LogP contribution < -0.4 is 0 Å². The molecule has 0 bridgehead atoms. The summed E-state index contributed by atoms with van der Waals surface area (Å²) in [5.41, 5.74) is 0. The summed E-state index contributed by atoms with van der Waals surface area (Å²) < 4.78 is 0. The topological polar surface area (TPSA) is 37.3 Å². The molecule has 0 fully saturated rings. The third-order valence-corrected chi connectivity index (χ3v) is 4.32. The Balaban J connectivity index is 3.18. The van der Waals surface area contributed by atoms with E-state index in [0.29, 0.717) is 6.42 Å². The zero-order chi connectivity index (χ0) is 17.7. The number of unbranched alkanes of at least 4 members (excludes halogenated alkanes) is 12. The van der Waals surface area contributed by atoms with Crippen LogP contribution in [0.5, 0.6) is 0 Å². The molecule has 140 valence electrons. The third kappa shape index (κ3) is 20.9. The molecule has 0 saturated carbocycles. The van der Waals surface area contributed by atoms with E-state index >= 15 is 0 Å². The van der Waals surface area contributed by atoms with Gasteiger partial charge in [-0.05, 0) is 44.9 Å². The summed E-state index contributed by atoms with van der Waals surface area (Å²) in [6.45, 7) is 2.27. The quantitative estimate of drug-likeness (QED) is 0.208. The first-order valence-electron chi connectivity index (χ1n) is 10.3. The van der Waals surface area contributed by atoms with Crippen molar-refractivity contribution in [1.82, 2.24) is 0 Å². The van der Waals surface area contributed by atoms with Gasteiger partial charge in [-0.1, -0.05) is 82.6 Å². The number of aliphatic carboxylic acids is 1. The maximum atomic E-state index is 10.4. The number of carboxylic acid groups (broad SMARTS) is 1. The molecule has 0 atom stereocenters. The van der Waals surface area contributed by atoms with Gasteiger partial charge >= 0.3 is 5.97 Å². The molecule has 0 radical (unpaired) electrons. The number of allylic oxidation sites excluding steroid dienone is 4. The Kier molecular flexibility index (Phi) is 19.1. The summed E-state index contributed by atoms with van der Waals surface area (Å²) in [6, 6.07) is 0. The maximum Gasteiger partial charge on any atom is 0.303 e. The van der Waals surface area contributed by atoms with Crippen molar-refractivity contribution < 1.29 is 9.90 Å². The average molecular weight is 337 g/mol. The minimum Gasteiger partial charge on any atom is -0.481 e. The van der Waals surface area contributed by atoms with E-state index < -0.39 is 5.97 Å². The predicted molar refractivity (Wildman–Crippen MR) is 105 cm³/mol. The van der Waals surface area contributed by atoms with Crippen LogP contribution in [0.3, 0.4) is 0 Å². The van der Waals surface area contributed by atoms with E-state index in [1.807, 2.05) is 0 Å². The number of hydrogen-bond donors (Lipinski definition) is 1. The van der Waals surface area contributed by atoms with Crippen LogP contribution in [0.2, 0.25) is 0 Å². The normalized spacial score (nSPS) is 11.7. The van der Waals surface area contributed by atoms with Gasteiger partial charge in [0.15, 0.2) is 0 Å². The number of carboxylic acids is 1. The Hall–Kier alpha value is -1.05. The molecule has 0 aliphatic rings. The number of rotatable bonds is 18. The van der Waals surface area contributed by atoms with Crippen molar-refractivity contribution in [2.24, 2.45) is 0 Å². The van der Waals surface area contributed by atoms with Crippen LogP contribution in [0.1, 0.15) is 110 Å². The molecular weight excluding hydrogens is 296 g/mol. The van der Waals surface area contributed by atoms with Crippen LogP contribution in [-0.4, -0.2) is 11.1 Å². The van der Waals surface area contributed by atoms with E-state index in [4.69, 9.17) is 5.11 Å². The first-order valence-corrected chi connectivity index (χ1v) is 10.3. The van der Waals surface area contributed by atoms with Gasteiger partial charge in [0.2, 0.25) is 0 Å². The molecule has 0 aliphatic carbocycles. The zero-order valence-corrected chi connectivity index (χ0v) is 16.0. The van der Waals surface area contributed by atoms with Crippen molar-refractivity contribution in [3.8, 4) is 0 Å². The van der Waals surface area contributed by atoms with E-state index in [1.165, 1.54) is 77.0 Å². The van der Waals surface area contributed by atoms with Gasteiger partial charge < -0.3 is 5.11 Å². The fourth-order valence-corrected chi connectivity index (χ4v) is 2.78. The highest BCUT2D eigenvalue weighted by Crippen LogP contribution is 2.09. The van der Waals surface area contributed by atoms with Gasteiger partial charge in [-0.15, -0.1) is 0 Å². The lowest BCUT2D eigenvalue weighted by Gasteiger charge is -1.98. The van der Waals surface area contributed by atoms with E-state index in [0.717, 1.165) is 19.3 Å². The second-order valence-corrected chi connectivity index (χ2v) is 6.78. The molecule has 0 aromatic rings. The van der Waals surface area contributed by atoms with Gasteiger partial charge in [-0.25, -0.2) is 0 Å². The lowest BCUT2D eigenvalue weighted by Crippen LogP contribution is -1.93. The van der Waals surface area contributed by atoms with Crippen molar-refractivity contribution in [2.75, 3.05) is 0 Å². The van der Waals surface area contributed by atoms with Crippen LogP contribution in [0.4, 0.5) is 0 Å². The van der Waals surface area contributed by atoms with Gasteiger partial charge in [0.05, 0.1) is 0 Å². The van der Waals surface area contributed by atoms with Crippen LogP contribution in [0.25, 0.3) is 0 Å². The SMILES string of the molecule is CCCCCCCC/C=C\CC/C=C\CCCCCCCC(=O)O. The standard InChI is InChI=1S/C22H40O2/c1-2-3-4-5-6-7-8-9-10-11-12-13-14-15-16-17-18-19-20-21-22(23)24/h9-10,13-14H,2-8,11-12,15-21H2,1H3,(H,23,24)/b10-9-,14-13-. The lowest BCUT2D eigenvalue weighted by atomic mass is 10.1. The molecule has 0 amide bonds.